The second kappa shape index (κ2) is 11.8. The third kappa shape index (κ3) is 9.54. The van der Waals surface area contributed by atoms with E-state index < -0.39 is 0 Å². The highest BCUT2D eigenvalue weighted by Crippen LogP contribution is 2.19. The molecule has 0 saturated carbocycles. The van der Waals surface area contributed by atoms with Crippen molar-refractivity contribution in [1.82, 2.24) is 5.32 Å². The van der Waals surface area contributed by atoms with E-state index in [9.17, 15) is 0 Å². The molecule has 0 radical (unpaired) electrons. The molecule has 6 heteroatoms. The van der Waals surface area contributed by atoms with Gasteiger partial charge < -0.3 is 19.5 Å². The van der Waals surface area contributed by atoms with Gasteiger partial charge in [-0.05, 0) is 28.4 Å². The number of rotatable bonds is 12. The Bertz CT molecular complexity index is 323. The lowest BCUT2D eigenvalue weighted by molar-refractivity contribution is 0.0518. The van der Waals surface area contributed by atoms with Crippen LogP contribution in [-0.4, -0.2) is 46.7 Å². The molecular weight excluding hydrogens is 330 g/mol. The summed E-state index contributed by atoms with van der Waals surface area (Å²) in [6.45, 7) is 5.32. The number of halogens is 1. The predicted molar refractivity (Wildman–Crippen MR) is 81.9 cm³/mol. The molecule has 0 atom stereocenters. The smallest absolute Gasteiger partial charge is 0.0700 e. The van der Waals surface area contributed by atoms with Crippen LogP contribution in [0.3, 0.4) is 0 Å². The largest absolute Gasteiger partial charge is 0.382 e. The van der Waals surface area contributed by atoms with E-state index in [4.69, 9.17) is 14.2 Å². The Morgan fingerprint density at radius 3 is 2.63 bits per heavy atom. The molecule has 110 valence electrons. The molecule has 1 aromatic rings. The van der Waals surface area contributed by atoms with Crippen LogP contribution in [0.1, 0.15) is 11.3 Å². The topological polar surface area (TPSA) is 39.7 Å². The third-order valence-corrected chi connectivity index (χ3v) is 4.05. The van der Waals surface area contributed by atoms with Gasteiger partial charge in [0, 0.05) is 48.1 Å². The highest BCUT2D eigenvalue weighted by atomic mass is 79.9. The van der Waals surface area contributed by atoms with Gasteiger partial charge in [0.05, 0.1) is 19.8 Å². The Morgan fingerprint density at radius 2 is 1.95 bits per heavy atom. The third-order valence-electron chi connectivity index (χ3n) is 2.35. The molecule has 0 unspecified atom stereocenters. The van der Waals surface area contributed by atoms with Crippen molar-refractivity contribution in [3.05, 3.63) is 20.8 Å². The lowest BCUT2D eigenvalue weighted by Crippen LogP contribution is -2.19. The van der Waals surface area contributed by atoms with Gasteiger partial charge in [-0.15, -0.1) is 11.3 Å². The molecule has 1 heterocycles. The summed E-state index contributed by atoms with van der Waals surface area (Å²) in [5.74, 6) is 0. The average molecular weight is 352 g/mol. The van der Waals surface area contributed by atoms with Crippen LogP contribution in [0, 0.1) is 0 Å². The number of ether oxygens (including phenoxy) is 3. The first-order valence-corrected chi connectivity index (χ1v) is 8.08. The molecule has 4 nitrogen and oxygen atoms in total. The van der Waals surface area contributed by atoms with Gasteiger partial charge in [0.25, 0.3) is 0 Å². The summed E-state index contributed by atoms with van der Waals surface area (Å²) in [5, 5.41) is 5.44. The number of hydrogen-bond donors (Lipinski definition) is 1. The number of nitrogens with one attached hydrogen (secondary N) is 1. The molecule has 0 spiro atoms. The van der Waals surface area contributed by atoms with Gasteiger partial charge in [0.1, 0.15) is 0 Å². The van der Waals surface area contributed by atoms with Crippen molar-refractivity contribution in [2.24, 2.45) is 0 Å². The predicted octanol–water partition coefficient (Wildman–Crippen LogP) is 2.67. The van der Waals surface area contributed by atoms with Crippen molar-refractivity contribution in [1.29, 1.82) is 0 Å². The van der Waals surface area contributed by atoms with Gasteiger partial charge in [-0.1, -0.05) is 0 Å². The zero-order valence-corrected chi connectivity index (χ0v) is 13.7. The van der Waals surface area contributed by atoms with Crippen LogP contribution < -0.4 is 5.32 Å². The Balaban J connectivity index is 1.79. The lowest BCUT2D eigenvalue weighted by atomic mass is 10.4. The molecule has 1 aromatic heterocycles. The van der Waals surface area contributed by atoms with Crippen LogP contribution >= 0.6 is 27.3 Å². The quantitative estimate of drug-likeness (QED) is 0.587. The monoisotopic (exact) mass is 351 g/mol. The fourth-order valence-electron chi connectivity index (χ4n) is 1.41. The van der Waals surface area contributed by atoms with Gasteiger partial charge in [-0.25, -0.2) is 0 Å². The minimum atomic E-state index is 0.656. The molecule has 19 heavy (non-hydrogen) atoms. The lowest BCUT2D eigenvalue weighted by Gasteiger charge is -2.06. The summed E-state index contributed by atoms with van der Waals surface area (Å²) in [6.07, 6.45) is 0.932. The second-order valence-corrected chi connectivity index (χ2v) is 5.89. The van der Waals surface area contributed by atoms with E-state index in [0.717, 1.165) is 43.8 Å². The highest BCUT2D eigenvalue weighted by molar-refractivity contribution is 9.10. The van der Waals surface area contributed by atoms with Crippen LogP contribution in [-0.2, 0) is 20.8 Å². The van der Waals surface area contributed by atoms with Gasteiger partial charge >= 0.3 is 0 Å². The van der Waals surface area contributed by atoms with Gasteiger partial charge in [0.2, 0.25) is 0 Å². The van der Waals surface area contributed by atoms with E-state index >= 15 is 0 Å². The van der Waals surface area contributed by atoms with Crippen molar-refractivity contribution >= 4 is 27.3 Å². The van der Waals surface area contributed by atoms with E-state index in [-0.39, 0.29) is 0 Å². The van der Waals surface area contributed by atoms with E-state index in [1.54, 1.807) is 18.4 Å². The molecule has 1 N–H and O–H groups in total. The standard InChI is InChI=1S/C13H22BrNO3S/c1-16-7-8-18-5-2-4-17-6-3-15-10-13-9-12(14)11-19-13/h9,11,15H,2-8,10H2,1H3. The summed E-state index contributed by atoms with van der Waals surface area (Å²) in [6, 6.07) is 2.13. The highest BCUT2D eigenvalue weighted by Gasteiger charge is 1.96. The van der Waals surface area contributed by atoms with E-state index in [2.05, 4.69) is 32.7 Å². The summed E-state index contributed by atoms with van der Waals surface area (Å²) in [7, 11) is 1.67. The average Bonchev–Trinajstić information content (AvgIpc) is 2.82. The molecule has 0 aromatic carbocycles. The van der Waals surface area contributed by atoms with Crippen LogP contribution in [0.5, 0.6) is 0 Å². The number of hydrogen-bond acceptors (Lipinski definition) is 5. The van der Waals surface area contributed by atoms with Crippen molar-refractivity contribution in [3.8, 4) is 0 Å². The van der Waals surface area contributed by atoms with Crippen molar-refractivity contribution in [3.63, 3.8) is 0 Å². The molecular formula is C13H22BrNO3S. The summed E-state index contributed by atoms with van der Waals surface area (Å²) >= 11 is 5.20. The molecule has 0 saturated heterocycles. The van der Waals surface area contributed by atoms with E-state index in [1.165, 1.54) is 4.88 Å². The molecule has 0 aliphatic rings. The normalized spacial score (nSPS) is 11.1. The van der Waals surface area contributed by atoms with Gasteiger partial charge in [-0.3, -0.25) is 0 Å². The summed E-state index contributed by atoms with van der Waals surface area (Å²) in [4.78, 5) is 1.33. The zero-order chi connectivity index (χ0) is 13.8. The Labute approximate surface area is 127 Å². The fraction of sp³-hybridized carbons (Fsp3) is 0.692. The zero-order valence-electron chi connectivity index (χ0n) is 11.3. The van der Waals surface area contributed by atoms with Crippen molar-refractivity contribution < 1.29 is 14.2 Å². The molecule has 0 bridgehead atoms. The maximum Gasteiger partial charge on any atom is 0.0700 e. The number of thiophene rings is 1. The minimum absolute atomic E-state index is 0.656. The van der Waals surface area contributed by atoms with E-state index in [1.807, 2.05) is 0 Å². The molecule has 0 aliphatic carbocycles. The molecule has 0 aliphatic heterocycles. The Hall–Kier alpha value is 0.0200. The van der Waals surface area contributed by atoms with Crippen molar-refractivity contribution in [2.45, 2.75) is 13.0 Å². The number of methoxy groups -OCH3 is 1. The van der Waals surface area contributed by atoms with Crippen LogP contribution in [0.2, 0.25) is 0 Å². The van der Waals surface area contributed by atoms with Crippen LogP contribution in [0.4, 0.5) is 0 Å². The van der Waals surface area contributed by atoms with Crippen LogP contribution in [0.25, 0.3) is 0 Å². The Morgan fingerprint density at radius 1 is 1.16 bits per heavy atom. The first-order valence-electron chi connectivity index (χ1n) is 6.41. The molecule has 1 rings (SSSR count). The first kappa shape index (κ1) is 17.1. The Kier molecular flexibility index (Phi) is 10.6. The fourth-order valence-corrected chi connectivity index (χ4v) is 2.83. The summed E-state index contributed by atoms with van der Waals surface area (Å²) in [5.41, 5.74) is 0. The van der Waals surface area contributed by atoms with Gasteiger partial charge in [-0.2, -0.15) is 0 Å². The second-order valence-electron chi connectivity index (χ2n) is 3.98. The SMILES string of the molecule is COCCOCCCOCCNCc1cc(Br)cs1. The maximum absolute atomic E-state index is 5.50. The van der Waals surface area contributed by atoms with Crippen molar-refractivity contribution in [2.75, 3.05) is 46.7 Å². The first-order chi connectivity index (χ1) is 9.33. The van der Waals surface area contributed by atoms with Crippen LogP contribution in [0.15, 0.2) is 15.9 Å². The molecule has 0 fully saturated rings. The minimum Gasteiger partial charge on any atom is -0.382 e. The van der Waals surface area contributed by atoms with E-state index in [0.29, 0.717) is 13.2 Å². The maximum atomic E-state index is 5.50. The molecule has 0 amide bonds. The van der Waals surface area contributed by atoms with Gasteiger partial charge in [0.15, 0.2) is 0 Å². The summed E-state index contributed by atoms with van der Waals surface area (Å²) < 4.78 is 16.9.